The van der Waals surface area contributed by atoms with Crippen LogP contribution in [0, 0.1) is 10.1 Å². The minimum absolute atomic E-state index is 0.129. The molecule has 0 bridgehead atoms. The highest BCUT2D eigenvalue weighted by Crippen LogP contribution is 2.27. The van der Waals surface area contributed by atoms with Crippen LogP contribution >= 0.6 is 11.6 Å². The first kappa shape index (κ1) is 11.5. The second kappa shape index (κ2) is 4.46. The predicted molar refractivity (Wildman–Crippen MR) is 60.2 cm³/mol. The summed E-state index contributed by atoms with van der Waals surface area (Å²) in [6.45, 7) is 1.90. The van der Waals surface area contributed by atoms with Crippen LogP contribution < -0.4 is 0 Å². The standard InChI is InChI=1S/C9H8ClN5O2/c1-2-6-11-3-4-14(6)9-7(15(16)17)8(10)12-5-13-9/h3-5H,2H2,1H3. The summed E-state index contributed by atoms with van der Waals surface area (Å²) in [5.74, 6) is 0.798. The lowest BCUT2D eigenvalue weighted by Gasteiger charge is -2.05. The zero-order chi connectivity index (χ0) is 12.4. The van der Waals surface area contributed by atoms with Crippen LogP contribution in [0.4, 0.5) is 5.69 Å². The SMILES string of the molecule is CCc1nccn1-c1ncnc(Cl)c1[N+](=O)[O-]. The smallest absolute Gasteiger partial charge is 0.282 e. The van der Waals surface area contributed by atoms with Gasteiger partial charge in [0.05, 0.1) is 4.92 Å². The van der Waals surface area contributed by atoms with Crippen molar-refractivity contribution in [1.29, 1.82) is 0 Å². The summed E-state index contributed by atoms with van der Waals surface area (Å²) in [6.07, 6.45) is 4.97. The van der Waals surface area contributed by atoms with Crippen molar-refractivity contribution in [3.8, 4) is 5.82 Å². The summed E-state index contributed by atoms with van der Waals surface area (Å²) < 4.78 is 1.53. The van der Waals surface area contributed by atoms with Crippen LogP contribution in [0.15, 0.2) is 18.7 Å². The van der Waals surface area contributed by atoms with E-state index in [9.17, 15) is 10.1 Å². The van der Waals surface area contributed by atoms with Gasteiger partial charge in [-0.3, -0.25) is 14.7 Å². The average molecular weight is 254 g/mol. The Labute approximate surface area is 101 Å². The van der Waals surface area contributed by atoms with Gasteiger partial charge in [0.2, 0.25) is 11.0 Å². The number of rotatable bonds is 3. The van der Waals surface area contributed by atoms with Gasteiger partial charge in [-0.25, -0.2) is 15.0 Å². The van der Waals surface area contributed by atoms with Crippen LogP contribution in [-0.2, 0) is 6.42 Å². The number of hydrogen-bond acceptors (Lipinski definition) is 5. The van der Waals surface area contributed by atoms with Crippen molar-refractivity contribution in [3.05, 3.63) is 39.8 Å². The van der Waals surface area contributed by atoms with E-state index in [-0.39, 0.29) is 16.7 Å². The number of imidazole rings is 1. The number of nitrogens with zero attached hydrogens (tertiary/aromatic N) is 5. The number of halogens is 1. The molecule has 0 saturated carbocycles. The molecule has 0 N–H and O–H groups in total. The number of hydrogen-bond donors (Lipinski definition) is 0. The molecule has 88 valence electrons. The molecule has 0 aliphatic heterocycles. The lowest BCUT2D eigenvalue weighted by molar-refractivity contribution is -0.385. The maximum atomic E-state index is 10.9. The Morgan fingerprint density at radius 1 is 1.47 bits per heavy atom. The van der Waals surface area contributed by atoms with Crippen LogP contribution in [0.25, 0.3) is 5.82 Å². The lowest BCUT2D eigenvalue weighted by Crippen LogP contribution is -2.06. The number of aryl methyl sites for hydroxylation is 1. The molecule has 0 amide bonds. The molecule has 0 saturated heterocycles. The Kier molecular flexibility index (Phi) is 3.01. The molecule has 2 aromatic rings. The van der Waals surface area contributed by atoms with E-state index in [1.54, 1.807) is 12.4 Å². The topological polar surface area (TPSA) is 86.7 Å². The molecule has 0 aliphatic rings. The lowest BCUT2D eigenvalue weighted by atomic mass is 10.4. The Hall–Kier alpha value is -2.02. The highest BCUT2D eigenvalue weighted by Gasteiger charge is 2.23. The van der Waals surface area contributed by atoms with Gasteiger partial charge in [-0.1, -0.05) is 18.5 Å². The predicted octanol–water partition coefficient (Wildman–Crippen LogP) is 1.79. The molecule has 8 heteroatoms. The largest absolute Gasteiger partial charge is 0.349 e. The van der Waals surface area contributed by atoms with E-state index < -0.39 is 4.92 Å². The third-order valence-corrected chi connectivity index (χ3v) is 2.48. The van der Waals surface area contributed by atoms with E-state index in [4.69, 9.17) is 11.6 Å². The molecule has 2 rings (SSSR count). The molecule has 2 aromatic heterocycles. The summed E-state index contributed by atoms with van der Waals surface area (Å²) >= 11 is 5.71. The van der Waals surface area contributed by atoms with Crippen LogP contribution in [0.2, 0.25) is 5.15 Å². The fourth-order valence-electron chi connectivity index (χ4n) is 1.47. The van der Waals surface area contributed by atoms with Crippen molar-refractivity contribution >= 4 is 17.3 Å². The summed E-state index contributed by atoms with van der Waals surface area (Å²) in [5, 5.41) is 10.8. The highest BCUT2D eigenvalue weighted by atomic mass is 35.5. The minimum Gasteiger partial charge on any atom is -0.282 e. The van der Waals surface area contributed by atoms with Crippen molar-refractivity contribution in [2.75, 3.05) is 0 Å². The molecule has 0 atom stereocenters. The molecule has 0 radical (unpaired) electrons. The minimum atomic E-state index is -0.600. The molecule has 2 heterocycles. The van der Waals surface area contributed by atoms with Crippen molar-refractivity contribution in [1.82, 2.24) is 19.5 Å². The molecule has 0 spiro atoms. The van der Waals surface area contributed by atoms with Gasteiger partial charge in [0.1, 0.15) is 12.2 Å². The van der Waals surface area contributed by atoms with E-state index in [1.807, 2.05) is 6.92 Å². The molecule has 0 unspecified atom stereocenters. The van der Waals surface area contributed by atoms with Crippen LogP contribution in [0.1, 0.15) is 12.7 Å². The second-order valence-corrected chi connectivity index (χ2v) is 3.52. The molecule has 17 heavy (non-hydrogen) atoms. The van der Waals surface area contributed by atoms with Crippen molar-refractivity contribution in [3.63, 3.8) is 0 Å². The normalized spacial score (nSPS) is 10.5. The quantitative estimate of drug-likeness (QED) is 0.473. The maximum absolute atomic E-state index is 10.9. The van der Waals surface area contributed by atoms with Gasteiger partial charge in [-0.15, -0.1) is 0 Å². The third-order valence-electron chi connectivity index (χ3n) is 2.20. The van der Waals surface area contributed by atoms with Crippen molar-refractivity contribution in [2.24, 2.45) is 0 Å². The first-order valence-electron chi connectivity index (χ1n) is 4.82. The maximum Gasteiger partial charge on any atom is 0.349 e. The summed E-state index contributed by atoms with van der Waals surface area (Å²) in [5.41, 5.74) is -0.318. The van der Waals surface area contributed by atoms with Crippen LogP contribution in [-0.4, -0.2) is 24.4 Å². The van der Waals surface area contributed by atoms with E-state index in [1.165, 1.54) is 10.9 Å². The van der Waals surface area contributed by atoms with Gasteiger partial charge >= 0.3 is 5.69 Å². The summed E-state index contributed by atoms with van der Waals surface area (Å²) in [7, 11) is 0. The first-order valence-corrected chi connectivity index (χ1v) is 5.20. The van der Waals surface area contributed by atoms with Crippen molar-refractivity contribution in [2.45, 2.75) is 13.3 Å². The van der Waals surface area contributed by atoms with E-state index >= 15 is 0 Å². The Balaban J connectivity index is 2.67. The van der Waals surface area contributed by atoms with Crippen LogP contribution in [0.3, 0.4) is 0 Å². The molecular formula is C9H8ClN5O2. The highest BCUT2D eigenvalue weighted by molar-refractivity contribution is 6.31. The van der Waals surface area contributed by atoms with E-state index in [0.717, 1.165) is 0 Å². The van der Waals surface area contributed by atoms with Gasteiger partial charge < -0.3 is 0 Å². The van der Waals surface area contributed by atoms with E-state index in [2.05, 4.69) is 15.0 Å². The zero-order valence-electron chi connectivity index (χ0n) is 8.87. The average Bonchev–Trinajstić information content (AvgIpc) is 2.75. The number of aromatic nitrogens is 4. The Morgan fingerprint density at radius 3 is 2.88 bits per heavy atom. The summed E-state index contributed by atoms with van der Waals surface area (Å²) in [6, 6.07) is 0. The Morgan fingerprint density at radius 2 is 2.24 bits per heavy atom. The Bertz CT molecular complexity index is 568. The monoisotopic (exact) mass is 253 g/mol. The molecular weight excluding hydrogens is 246 g/mol. The molecule has 0 aliphatic carbocycles. The molecule has 7 nitrogen and oxygen atoms in total. The third kappa shape index (κ3) is 1.96. The number of nitro groups is 1. The zero-order valence-corrected chi connectivity index (χ0v) is 9.63. The molecule has 0 aromatic carbocycles. The van der Waals surface area contributed by atoms with Gasteiger partial charge in [0.15, 0.2) is 0 Å². The first-order chi connectivity index (χ1) is 8.15. The van der Waals surface area contributed by atoms with Gasteiger partial charge in [0.25, 0.3) is 0 Å². The molecule has 0 fully saturated rings. The summed E-state index contributed by atoms with van der Waals surface area (Å²) in [4.78, 5) is 21.9. The van der Waals surface area contributed by atoms with Crippen molar-refractivity contribution < 1.29 is 4.92 Å². The van der Waals surface area contributed by atoms with Crippen LogP contribution in [0.5, 0.6) is 0 Å². The second-order valence-electron chi connectivity index (χ2n) is 3.16. The van der Waals surface area contributed by atoms with Gasteiger partial charge in [-0.2, -0.15) is 0 Å². The van der Waals surface area contributed by atoms with Gasteiger partial charge in [-0.05, 0) is 0 Å². The fourth-order valence-corrected chi connectivity index (χ4v) is 1.67. The van der Waals surface area contributed by atoms with E-state index in [0.29, 0.717) is 12.2 Å². The fraction of sp³-hybridized carbons (Fsp3) is 0.222. The van der Waals surface area contributed by atoms with Gasteiger partial charge in [0, 0.05) is 18.8 Å².